The van der Waals surface area contributed by atoms with Crippen LogP contribution in [0.1, 0.15) is 6.92 Å². The smallest absolute Gasteiger partial charge is 0.263 e. The summed E-state index contributed by atoms with van der Waals surface area (Å²) in [4.78, 5) is 12.0. The summed E-state index contributed by atoms with van der Waals surface area (Å²) in [6.07, 6.45) is 0. The Labute approximate surface area is 148 Å². The fourth-order valence-electron chi connectivity index (χ4n) is 2.18. The van der Waals surface area contributed by atoms with Gasteiger partial charge in [0.1, 0.15) is 17.3 Å². The Kier molecular flexibility index (Phi) is 5.43. The predicted molar refractivity (Wildman–Crippen MR) is 91.4 cm³/mol. The summed E-state index contributed by atoms with van der Waals surface area (Å²) in [5, 5.41) is 10.1. The summed E-state index contributed by atoms with van der Waals surface area (Å²) in [5.41, 5.74) is 1.10. The Morgan fingerprint density at radius 2 is 1.69 bits per heavy atom. The van der Waals surface area contributed by atoms with Crippen LogP contribution in [0, 0.1) is 5.82 Å². The Hall–Kier alpha value is -3.42. The molecule has 1 aromatic heterocycles. The van der Waals surface area contributed by atoms with Crippen LogP contribution in [0.2, 0.25) is 0 Å². The Balaban J connectivity index is 1.62. The Bertz CT molecular complexity index is 863. The van der Waals surface area contributed by atoms with Gasteiger partial charge in [0.15, 0.2) is 12.3 Å². The monoisotopic (exact) mass is 357 g/mol. The van der Waals surface area contributed by atoms with E-state index in [1.54, 1.807) is 24.3 Å². The van der Waals surface area contributed by atoms with Gasteiger partial charge in [-0.1, -0.05) is 0 Å². The van der Waals surface area contributed by atoms with Crippen LogP contribution in [0.5, 0.6) is 11.5 Å². The summed E-state index contributed by atoms with van der Waals surface area (Å²) < 4.78 is 28.2. The molecule has 0 aliphatic heterocycles. The van der Waals surface area contributed by atoms with Gasteiger partial charge >= 0.3 is 0 Å². The molecule has 1 N–H and O–H groups in total. The van der Waals surface area contributed by atoms with Crippen LogP contribution in [-0.2, 0) is 4.79 Å². The molecule has 3 aromatic rings. The third-order valence-electron chi connectivity index (χ3n) is 3.37. The van der Waals surface area contributed by atoms with Crippen LogP contribution in [0.3, 0.4) is 0 Å². The molecule has 134 valence electrons. The maximum Gasteiger partial charge on any atom is 0.263 e. The second-order valence-corrected chi connectivity index (χ2v) is 5.21. The molecule has 1 amide bonds. The highest BCUT2D eigenvalue weighted by molar-refractivity contribution is 5.94. The van der Waals surface area contributed by atoms with E-state index in [4.69, 9.17) is 14.1 Å². The Morgan fingerprint density at radius 1 is 1.04 bits per heavy atom. The van der Waals surface area contributed by atoms with Gasteiger partial charge in [-0.05, 0) is 65.8 Å². The lowest BCUT2D eigenvalue weighted by atomic mass is 10.1. The summed E-state index contributed by atoms with van der Waals surface area (Å²) in [5.74, 6) is 0.465. The highest BCUT2D eigenvalue weighted by Gasteiger charge is 2.15. The minimum atomic E-state index is -0.447. The van der Waals surface area contributed by atoms with Gasteiger partial charge in [-0.25, -0.2) is 9.02 Å². The molecule has 0 aliphatic rings. The van der Waals surface area contributed by atoms with Crippen molar-refractivity contribution in [2.75, 3.05) is 18.5 Å². The van der Waals surface area contributed by atoms with Crippen molar-refractivity contribution in [3.63, 3.8) is 0 Å². The highest BCUT2D eigenvalue weighted by Crippen LogP contribution is 2.26. The molecule has 0 unspecified atom stereocenters. The standard InChI is InChI=1S/C18H16FN3O4/c1-2-24-14-7-3-12(4-8-14)17-18(22-26-21-17)20-16(23)11-25-15-9-5-13(19)6-10-15/h3-10H,2,11H2,1H3,(H,20,22,23). The van der Waals surface area contributed by atoms with Gasteiger partial charge < -0.3 is 14.8 Å². The zero-order valence-corrected chi connectivity index (χ0v) is 13.9. The van der Waals surface area contributed by atoms with Gasteiger partial charge in [-0.15, -0.1) is 0 Å². The molecular formula is C18H16FN3O4. The molecule has 2 aromatic carbocycles. The first-order valence-corrected chi connectivity index (χ1v) is 7.89. The molecule has 0 fully saturated rings. The molecule has 0 aliphatic carbocycles. The summed E-state index contributed by atoms with van der Waals surface area (Å²) in [6, 6.07) is 12.5. The molecule has 8 heteroatoms. The van der Waals surface area contributed by atoms with E-state index in [1.165, 1.54) is 24.3 Å². The number of carbonyl (C=O) groups excluding carboxylic acids is 1. The summed E-state index contributed by atoms with van der Waals surface area (Å²) in [6.45, 7) is 2.21. The van der Waals surface area contributed by atoms with Crippen LogP contribution in [-0.4, -0.2) is 29.4 Å². The van der Waals surface area contributed by atoms with Crippen molar-refractivity contribution in [1.29, 1.82) is 0 Å². The van der Waals surface area contributed by atoms with E-state index >= 15 is 0 Å². The Morgan fingerprint density at radius 3 is 2.38 bits per heavy atom. The van der Waals surface area contributed by atoms with Gasteiger partial charge in [-0.3, -0.25) is 4.79 Å². The van der Waals surface area contributed by atoms with Crippen LogP contribution in [0.4, 0.5) is 10.2 Å². The number of nitrogens with one attached hydrogen (secondary N) is 1. The van der Waals surface area contributed by atoms with Crippen LogP contribution in [0.25, 0.3) is 11.3 Å². The number of nitrogens with zero attached hydrogens (tertiary/aromatic N) is 2. The van der Waals surface area contributed by atoms with Crippen molar-refractivity contribution in [3.05, 3.63) is 54.3 Å². The van der Waals surface area contributed by atoms with E-state index in [0.717, 1.165) is 5.75 Å². The average molecular weight is 357 g/mol. The molecule has 0 atom stereocenters. The lowest BCUT2D eigenvalue weighted by molar-refractivity contribution is -0.118. The minimum absolute atomic E-state index is 0.182. The SMILES string of the molecule is CCOc1ccc(-c2nonc2NC(=O)COc2ccc(F)cc2)cc1. The lowest BCUT2D eigenvalue weighted by Gasteiger charge is -2.07. The lowest BCUT2D eigenvalue weighted by Crippen LogP contribution is -2.20. The molecule has 3 rings (SSSR count). The summed E-state index contributed by atoms with van der Waals surface area (Å²) in [7, 11) is 0. The number of rotatable bonds is 7. The third-order valence-corrected chi connectivity index (χ3v) is 3.37. The largest absolute Gasteiger partial charge is 0.494 e. The second kappa shape index (κ2) is 8.11. The van der Waals surface area contributed by atoms with Crippen molar-refractivity contribution in [2.45, 2.75) is 6.92 Å². The van der Waals surface area contributed by atoms with Gasteiger partial charge in [0.05, 0.1) is 6.61 Å². The van der Waals surface area contributed by atoms with Crippen molar-refractivity contribution in [2.24, 2.45) is 0 Å². The fourth-order valence-corrected chi connectivity index (χ4v) is 2.18. The number of carbonyl (C=O) groups is 1. The quantitative estimate of drug-likeness (QED) is 0.698. The summed E-state index contributed by atoms with van der Waals surface area (Å²) >= 11 is 0. The van der Waals surface area contributed by atoms with Gasteiger partial charge in [0, 0.05) is 5.56 Å². The van der Waals surface area contributed by atoms with E-state index in [-0.39, 0.29) is 18.2 Å². The molecule has 1 heterocycles. The maximum absolute atomic E-state index is 12.8. The van der Waals surface area contributed by atoms with E-state index in [0.29, 0.717) is 23.6 Å². The average Bonchev–Trinajstić information content (AvgIpc) is 3.10. The maximum atomic E-state index is 12.8. The minimum Gasteiger partial charge on any atom is -0.494 e. The highest BCUT2D eigenvalue weighted by atomic mass is 19.1. The zero-order chi connectivity index (χ0) is 18.4. The molecule has 0 radical (unpaired) electrons. The topological polar surface area (TPSA) is 86.5 Å². The van der Waals surface area contributed by atoms with E-state index < -0.39 is 5.91 Å². The number of amides is 1. The van der Waals surface area contributed by atoms with E-state index in [1.807, 2.05) is 6.92 Å². The van der Waals surface area contributed by atoms with Crippen LogP contribution in [0.15, 0.2) is 53.2 Å². The van der Waals surface area contributed by atoms with Gasteiger partial charge in [0.25, 0.3) is 5.91 Å². The third kappa shape index (κ3) is 4.35. The van der Waals surface area contributed by atoms with Crippen molar-refractivity contribution >= 4 is 11.7 Å². The van der Waals surface area contributed by atoms with Gasteiger partial charge in [0.2, 0.25) is 5.82 Å². The van der Waals surface area contributed by atoms with Crippen LogP contribution < -0.4 is 14.8 Å². The van der Waals surface area contributed by atoms with Gasteiger partial charge in [-0.2, -0.15) is 0 Å². The molecule has 0 bridgehead atoms. The number of hydrogen-bond acceptors (Lipinski definition) is 6. The first-order valence-electron chi connectivity index (χ1n) is 7.89. The first kappa shape index (κ1) is 17.4. The number of ether oxygens (including phenoxy) is 2. The van der Waals surface area contributed by atoms with Crippen molar-refractivity contribution < 1.29 is 23.3 Å². The van der Waals surface area contributed by atoms with Crippen molar-refractivity contribution in [3.8, 4) is 22.8 Å². The molecule has 0 spiro atoms. The number of hydrogen-bond donors (Lipinski definition) is 1. The van der Waals surface area contributed by atoms with Crippen molar-refractivity contribution in [1.82, 2.24) is 10.3 Å². The zero-order valence-electron chi connectivity index (χ0n) is 13.9. The van der Waals surface area contributed by atoms with E-state index in [2.05, 4.69) is 15.6 Å². The van der Waals surface area contributed by atoms with E-state index in [9.17, 15) is 9.18 Å². The molecule has 26 heavy (non-hydrogen) atoms. The van der Waals surface area contributed by atoms with Crippen LogP contribution >= 0.6 is 0 Å². The molecule has 7 nitrogen and oxygen atoms in total. The predicted octanol–water partition coefficient (Wildman–Crippen LogP) is 3.29. The molecule has 0 saturated carbocycles. The fraction of sp³-hybridized carbons (Fsp3) is 0.167. The first-order chi connectivity index (χ1) is 12.7. The molecule has 0 saturated heterocycles. The number of halogens is 1. The normalized spacial score (nSPS) is 10.4. The number of aromatic nitrogens is 2. The number of benzene rings is 2. The number of anilines is 1. The second-order valence-electron chi connectivity index (χ2n) is 5.21. The molecular weight excluding hydrogens is 341 g/mol.